The third kappa shape index (κ3) is 3.88. The van der Waals surface area contributed by atoms with Gasteiger partial charge >= 0.3 is 0 Å². The average Bonchev–Trinajstić information content (AvgIpc) is 2.82. The lowest BCUT2D eigenvalue weighted by Crippen LogP contribution is -2.31. The van der Waals surface area contributed by atoms with Crippen LogP contribution in [0.25, 0.3) is 10.9 Å². The van der Waals surface area contributed by atoms with Gasteiger partial charge in [0.15, 0.2) is 0 Å². The first kappa shape index (κ1) is 17.9. The van der Waals surface area contributed by atoms with E-state index in [-0.39, 0.29) is 5.91 Å². The van der Waals surface area contributed by atoms with E-state index >= 15 is 0 Å². The van der Waals surface area contributed by atoms with Crippen LogP contribution in [0.15, 0.2) is 35.4 Å². The molecule has 1 aromatic carbocycles. The molecule has 1 aromatic heterocycles. The molecule has 1 amide bonds. The normalized spacial score (nSPS) is 16.7. The molecule has 25 heavy (non-hydrogen) atoms. The second kappa shape index (κ2) is 7.58. The summed E-state index contributed by atoms with van der Waals surface area (Å²) in [5, 5.41) is 3.49. The number of benzene rings is 1. The fourth-order valence-electron chi connectivity index (χ4n) is 3.31. The van der Waals surface area contributed by atoms with Gasteiger partial charge in [0.25, 0.3) is 0 Å². The van der Waals surface area contributed by atoms with Gasteiger partial charge < -0.3 is 9.88 Å². The molecule has 0 spiro atoms. The van der Waals surface area contributed by atoms with E-state index in [0.717, 1.165) is 36.6 Å². The number of nitrogens with one attached hydrogen (secondary N) is 1. The summed E-state index contributed by atoms with van der Waals surface area (Å²) in [4.78, 5) is 11.8. The molecule has 0 atom stereocenters. The lowest BCUT2D eigenvalue weighted by Gasteiger charge is -2.20. The highest BCUT2D eigenvalue weighted by molar-refractivity contribution is 7.89. The quantitative estimate of drug-likeness (QED) is 0.886. The van der Waals surface area contributed by atoms with Crippen LogP contribution in [0.1, 0.15) is 32.1 Å². The molecule has 0 radical (unpaired) electrons. The van der Waals surface area contributed by atoms with Crippen molar-refractivity contribution in [2.45, 2.75) is 43.5 Å². The minimum Gasteiger partial charge on any atom is -0.359 e. The van der Waals surface area contributed by atoms with E-state index in [1.807, 2.05) is 22.9 Å². The predicted octanol–water partition coefficient (Wildman–Crippen LogP) is 2.34. The standard InChI is InChI=1S/C18H25N3O3S/c1-19-18(22)9-13-20-12-8-15-14-16(6-7-17(15)20)25(23,24)21-10-4-2-3-5-11-21/h6-8,12,14H,2-5,9-11,13H2,1H3,(H,19,22). The van der Waals surface area contributed by atoms with Crippen molar-refractivity contribution in [3.8, 4) is 0 Å². The van der Waals surface area contributed by atoms with Crippen molar-refractivity contribution in [2.75, 3.05) is 20.1 Å². The van der Waals surface area contributed by atoms with Crippen molar-refractivity contribution < 1.29 is 13.2 Å². The van der Waals surface area contributed by atoms with Crippen LogP contribution in [0.3, 0.4) is 0 Å². The van der Waals surface area contributed by atoms with Gasteiger partial charge in [-0.05, 0) is 37.1 Å². The van der Waals surface area contributed by atoms with Crippen LogP contribution < -0.4 is 5.32 Å². The van der Waals surface area contributed by atoms with Gasteiger partial charge in [0.05, 0.1) is 4.90 Å². The maximum absolute atomic E-state index is 12.9. The van der Waals surface area contributed by atoms with E-state index in [1.54, 1.807) is 23.5 Å². The van der Waals surface area contributed by atoms with Gasteiger partial charge in [-0.2, -0.15) is 4.31 Å². The summed E-state index contributed by atoms with van der Waals surface area (Å²) in [6.07, 6.45) is 6.34. The number of sulfonamides is 1. The number of fused-ring (bicyclic) bond motifs is 1. The molecule has 1 aliphatic heterocycles. The number of rotatable bonds is 5. The lowest BCUT2D eigenvalue weighted by atomic mass is 10.2. The van der Waals surface area contributed by atoms with Gasteiger partial charge in [-0.25, -0.2) is 8.42 Å². The Bertz CT molecular complexity index is 850. The summed E-state index contributed by atoms with van der Waals surface area (Å²) in [5.41, 5.74) is 0.943. The smallest absolute Gasteiger partial charge is 0.243 e. The number of hydrogen-bond donors (Lipinski definition) is 1. The molecule has 7 heteroatoms. The molecule has 136 valence electrons. The van der Waals surface area contributed by atoms with Crippen molar-refractivity contribution in [1.29, 1.82) is 0 Å². The van der Waals surface area contributed by atoms with Gasteiger partial charge in [-0.15, -0.1) is 0 Å². The number of nitrogens with zero attached hydrogens (tertiary/aromatic N) is 2. The van der Waals surface area contributed by atoms with Crippen LogP contribution in [0.5, 0.6) is 0 Å². The molecule has 1 saturated heterocycles. The zero-order valence-electron chi connectivity index (χ0n) is 14.6. The van der Waals surface area contributed by atoms with Crippen LogP contribution in [0.2, 0.25) is 0 Å². The minimum absolute atomic E-state index is 0.0118. The molecule has 1 fully saturated rings. The largest absolute Gasteiger partial charge is 0.359 e. The molecule has 2 heterocycles. The minimum atomic E-state index is -3.44. The molecule has 6 nitrogen and oxygen atoms in total. The van der Waals surface area contributed by atoms with Gasteiger partial charge in [-0.3, -0.25) is 4.79 Å². The topological polar surface area (TPSA) is 71.4 Å². The average molecular weight is 363 g/mol. The van der Waals surface area contributed by atoms with E-state index in [4.69, 9.17) is 0 Å². The number of aromatic nitrogens is 1. The van der Waals surface area contributed by atoms with E-state index < -0.39 is 10.0 Å². The third-order valence-corrected chi connectivity index (χ3v) is 6.70. The zero-order valence-corrected chi connectivity index (χ0v) is 15.4. The number of carbonyl (C=O) groups is 1. The lowest BCUT2D eigenvalue weighted by molar-refractivity contribution is -0.120. The summed E-state index contributed by atoms with van der Waals surface area (Å²) in [5.74, 6) is -0.0118. The van der Waals surface area contributed by atoms with Gasteiger partial charge in [0, 0.05) is 50.2 Å². The number of hydrogen-bond acceptors (Lipinski definition) is 3. The SMILES string of the molecule is CNC(=O)CCn1ccc2cc(S(=O)(=O)N3CCCCCC3)ccc21. The molecule has 0 bridgehead atoms. The first-order valence-corrected chi connectivity index (χ1v) is 10.3. The molecule has 0 saturated carbocycles. The van der Waals surface area contributed by atoms with Crippen LogP contribution in [-0.2, 0) is 21.4 Å². The predicted molar refractivity (Wildman–Crippen MR) is 97.8 cm³/mol. The molecule has 3 rings (SSSR count). The summed E-state index contributed by atoms with van der Waals surface area (Å²) in [6.45, 7) is 1.78. The van der Waals surface area contributed by atoms with Gasteiger partial charge in [-0.1, -0.05) is 12.8 Å². The van der Waals surface area contributed by atoms with E-state index in [0.29, 0.717) is 31.0 Å². The van der Waals surface area contributed by atoms with Crippen LogP contribution >= 0.6 is 0 Å². The molecule has 2 aromatic rings. The Morgan fingerprint density at radius 3 is 2.52 bits per heavy atom. The van der Waals surface area contributed by atoms with Gasteiger partial charge in [0.1, 0.15) is 0 Å². The Morgan fingerprint density at radius 1 is 1.12 bits per heavy atom. The van der Waals surface area contributed by atoms with Crippen molar-refractivity contribution in [3.63, 3.8) is 0 Å². The number of carbonyl (C=O) groups excluding carboxylic acids is 1. The Balaban J connectivity index is 1.85. The highest BCUT2D eigenvalue weighted by Gasteiger charge is 2.25. The zero-order chi connectivity index (χ0) is 17.9. The van der Waals surface area contributed by atoms with Crippen LogP contribution in [0, 0.1) is 0 Å². The monoisotopic (exact) mass is 363 g/mol. The Kier molecular flexibility index (Phi) is 5.44. The Morgan fingerprint density at radius 2 is 1.84 bits per heavy atom. The van der Waals surface area contributed by atoms with E-state index in [2.05, 4.69) is 5.32 Å². The first-order valence-electron chi connectivity index (χ1n) is 8.82. The van der Waals surface area contributed by atoms with Crippen LogP contribution in [-0.4, -0.2) is 43.3 Å². The third-order valence-electron chi connectivity index (χ3n) is 4.80. The molecule has 1 N–H and O–H groups in total. The summed E-state index contributed by atoms with van der Waals surface area (Å²) < 4.78 is 29.4. The van der Waals surface area contributed by atoms with Crippen LogP contribution in [0.4, 0.5) is 0 Å². The fourth-order valence-corrected chi connectivity index (χ4v) is 4.86. The molecule has 0 unspecified atom stereocenters. The molecular weight excluding hydrogens is 338 g/mol. The number of amides is 1. The van der Waals surface area contributed by atoms with Gasteiger partial charge in [0.2, 0.25) is 15.9 Å². The maximum Gasteiger partial charge on any atom is 0.243 e. The van der Waals surface area contributed by atoms with E-state index in [9.17, 15) is 13.2 Å². The van der Waals surface area contributed by atoms with Crippen molar-refractivity contribution in [3.05, 3.63) is 30.5 Å². The molecule has 0 aliphatic carbocycles. The fraction of sp³-hybridized carbons (Fsp3) is 0.500. The number of aryl methyl sites for hydroxylation is 1. The highest BCUT2D eigenvalue weighted by atomic mass is 32.2. The second-order valence-electron chi connectivity index (χ2n) is 6.47. The Labute approximate surface area is 148 Å². The van der Waals surface area contributed by atoms with Crippen molar-refractivity contribution in [1.82, 2.24) is 14.2 Å². The molecule has 1 aliphatic rings. The van der Waals surface area contributed by atoms with E-state index in [1.165, 1.54) is 0 Å². The second-order valence-corrected chi connectivity index (χ2v) is 8.41. The summed E-state index contributed by atoms with van der Waals surface area (Å²) in [6, 6.07) is 7.16. The van der Waals surface area contributed by atoms with Crippen molar-refractivity contribution in [2.24, 2.45) is 0 Å². The van der Waals surface area contributed by atoms with Crippen molar-refractivity contribution >= 4 is 26.8 Å². The maximum atomic E-state index is 12.9. The summed E-state index contributed by atoms with van der Waals surface area (Å²) in [7, 11) is -1.82. The highest BCUT2D eigenvalue weighted by Crippen LogP contribution is 2.25. The molecular formula is C18H25N3O3S. The summed E-state index contributed by atoms with van der Waals surface area (Å²) >= 11 is 0. The Hall–Kier alpha value is -1.86. The first-order chi connectivity index (χ1) is 12.0.